The van der Waals surface area contributed by atoms with Crippen LogP contribution in [0.15, 0.2) is 23.1 Å². The Hall–Kier alpha value is -3.03. The van der Waals surface area contributed by atoms with Crippen molar-refractivity contribution in [2.75, 3.05) is 39.6 Å². The van der Waals surface area contributed by atoms with Crippen molar-refractivity contribution in [2.24, 2.45) is 0 Å². The summed E-state index contributed by atoms with van der Waals surface area (Å²) in [6.07, 6.45) is -11.5. The number of halogens is 24. The summed E-state index contributed by atoms with van der Waals surface area (Å²) in [5.41, 5.74) is 0. The van der Waals surface area contributed by atoms with E-state index in [1.165, 1.54) is 0 Å². The minimum absolute atomic E-state index is 0.228. The zero-order valence-corrected chi connectivity index (χ0v) is 26.8. The van der Waals surface area contributed by atoms with Gasteiger partial charge in [-0.2, -0.15) is 96.2 Å². The molecule has 1 rings (SSSR count). The van der Waals surface area contributed by atoms with Crippen LogP contribution in [0, 0.1) is 0 Å². The Morgan fingerprint density at radius 1 is 0.482 bits per heavy atom. The van der Waals surface area contributed by atoms with E-state index in [1.807, 2.05) is 0 Å². The quantitative estimate of drug-likeness (QED) is 0.0669. The first-order valence-corrected chi connectivity index (χ1v) is 15.0. The van der Waals surface area contributed by atoms with Gasteiger partial charge in [0.15, 0.2) is 11.5 Å². The highest BCUT2D eigenvalue weighted by Crippen LogP contribution is 2.59. The van der Waals surface area contributed by atoms with Crippen LogP contribution in [0.2, 0.25) is 0 Å². The molecular formula is C24H18F24O7S. The predicted octanol–water partition coefficient (Wildman–Crippen LogP) is 8.61. The van der Waals surface area contributed by atoms with Crippen LogP contribution in [0.5, 0.6) is 11.5 Å². The first-order chi connectivity index (χ1) is 24.7. The molecule has 1 aromatic rings. The summed E-state index contributed by atoms with van der Waals surface area (Å²) in [6.45, 7) is -11.9. The lowest BCUT2D eigenvalue weighted by Gasteiger charge is -2.39. The lowest BCUT2D eigenvalue weighted by atomic mass is 9.94. The molecule has 32 heteroatoms. The Balaban J connectivity index is 3.04. The van der Waals surface area contributed by atoms with Crippen molar-refractivity contribution in [3.63, 3.8) is 0 Å². The normalized spacial score (nSPS) is 15.2. The summed E-state index contributed by atoms with van der Waals surface area (Å²) >= 11 is 0. The summed E-state index contributed by atoms with van der Waals surface area (Å²) < 4.78 is 367. The van der Waals surface area contributed by atoms with Gasteiger partial charge in [-0.25, -0.2) is 17.6 Å². The van der Waals surface area contributed by atoms with Crippen molar-refractivity contribution >= 4 is 10.1 Å². The molecule has 56 heavy (non-hydrogen) atoms. The van der Waals surface area contributed by atoms with Gasteiger partial charge >= 0.3 is 72.1 Å². The van der Waals surface area contributed by atoms with Crippen molar-refractivity contribution in [3.05, 3.63) is 18.2 Å². The standard InChI is InChI=1S/C24H18F24O7S/c25-13(26)17(33,34)21(41,42)23(45,46)19(37,38)15(29,30)8-52-3-5-54-11-2-1-10(56(49,50)51)7-12(11)55-6-4-53-9-16(31,32)20(39,40)24(47,48)22(43,44)18(35,36)14(27)28/h1-2,7,13-14H,3-6,8-9H2,(H,49,50,51). The molecule has 0 aliphatic heterocycles. The maximum absolute atomic E-state index is 13.8. The zero-order chi connectivity index (χ0) is 44.6. The molecule has 7 nitrogen and oxygen atoms in total. The van der Waals surface area contributed by atoms with Crippen molar-refractivity contribution in [3.8, 4) is 11.5 Å². The van der Waals surface area contributed by atoms with Gasteiger partial charge in [0.05, 0.1) is 18.1 Å². The Kier molecular flexibility index (Phi) is 14.9. The minimum Gasteiger partial charge on any atom is -0.487 e. The van der Waals surface area contributed by atoms with Crippen LogP contribution >= 0.6 is 0 Å². The van der Waals surface area contributed by atoms with Crippen LogP contribution in [0.1, 0.15) is 0 Å². The summed E-state index contributed by atoms with van der Waals surface area (Å²) in [7, 11) is -5.22. The van der Waals surface area contributed by atoms with Crippen molar-refractivity contribution in [2.45, 2.75) is 77.0 Å². The molecule has 0 aliphatic carbocycles. The fourth-order valence-electron chi connectivity index (χ4n) is 3.43. The van der Waals surface area contributed by atoms with E-state index in [1.54, 1.807) is 0 Å². The summed E-state index contributed by atoms with van der Waals surface area (Å²) in [5, 5.41) is 0. The number of rotatable bonds is 23. The molecule has 0 amide bonds. The maximum atomic E-state index is 13.8. The average Bonchev–Trinajstić information content (AvgIpc) is 3.03. The monoisotopic (exact) mass is 906 g/mol. The van der Waals surface area contributed by atoms with Crippen LogP contribution in [0.25, 0.3) is 0 Å². The first kappa shape index (κ1) is 51.0. The highest BCUT2D eigenvalue weighted by Gasteiger charge is 2.89. The van der Waals surface area contributed by atoms with E-state index in [4.69, 9.17) is 14.0 Å². The van der Waals surface area contributed by atoms with E-state index in [9.17, 15) is 114 Å². The number of ether oxygens (including phenoxy) is 4. The average molecular weight is 906 g/mol. The SMILES string of the molecule is O=S(=O)(O)c1ccc(OCCOCC(F)(F)C(F)(F)C(F)(F)C(F)(F)C(F)(F)C(F)F)c(OCCOCC(F)(F)C(F)(F)C(F)(F)C(F)(F)C(F)(F)C(F)F)c1. The van der Waals surface area contributed by atoms with E-state index in [-0.39, 0.29) is 6.07 Å². The third-order valence-corrected chi connectivity index (χ3v) is 7.48. The van der Waals surface area contributed by atoms with Crippen molar-refractivity contribution in [1.82, 2.24) is 0 Å². The van der Waals surface area contributed by atoms with Crippen molar-refractivity contribution < 1.29 is 137 Å². The third kappa shape index (κ3) is 9.15. The molecule has 0 fully saturated rings. The molecule has 0 saturated heterocycles. The van der Waals surface area contributed by atoms with E-state index in [2.05, 4.69) is 9.47 Å². The van der Waals surface area contributed by atoms with E-state index in [0.29, 0.717) is 12.1 Å². The maximum Gasteiger partial charge on any atom is 0.384 e. The molecule has 0 aliphatic rings. The van der Waals surface area contributed by atoms with Gasteiger partial charge in [-0.15, -0.1) is 0 Å². The van der Waals surface area contributed by atoms with E-state index in [0.717, 1.165) is 0 Å². The molecule has 0 heterocycles. The predicted molar refractivity (Wildman–Crippen MR) is 130 cm³/mol. The van der Waals surface area contributed by atoms with Gasteiger partial charge in [-0.1, -0.05) is 0 Å². The lowest BCUT2D eigenvalue weighted by molar-refractivity contribution is -0.415. The summed E-state index contributed by atoms with van der Waals surface area (Å²) in [6, 6.07) is 1.09. The topological polar surface area (TPSA) is 91.3 Å². The molecule has 0 bridgehead atoms. The molecule has 0 radical (unpaired) electrons. The minimum atomic E-state index is -7.89. The highest BCUT2D eigenvalue weighted by atomic mass is 32.2. The summed E-state index contributed by atoms with van der Waals surface area (Å²) in [4.78, 5) is -1.16. The van der Waals surface area contributed by atoms with Crippen LogP contribution < -0.4 is 9.47 Å². The van der Waals surface area contributed by atoms with Gasteiger partial charge < -0.3 is 18.9 Å². The molecular weight excluding hydrogens is 888 g/mol. The molecule has 0 aromatic heterocycles. The number of hydrogen-bond donors (Lipinski definition) is 1. The van der Waals surface area contributed by atoms with Crippen LogP contribution in [0.3, 0.4) is 0 Å². The summed E-state index contributed by atoms with van der Waals surface area (Å²) in [5.74, 6) is -76.1. The first-order valence-electron chi connectivity index (χ1n) is 13.5. The Morgan fingerprint density at radius 2 is 0.804 bits per heavy atom. The molecule has 0 unspecified atom stereocenters. The zero-order valence-electron chi connectivity index (χ0n) is 26.0. The van der Waals surface area contributed by atoms with E-state index < -0.39 is 138 Å². The second kappa shape index (κ2) is 16.3. The van der Waals surface area contributed by atoms with Crippen LogP contribution in [0.4, 0.5) is 105 Å². The number of benzene rings is 1. The Bertz CT molecular complexity index is 1580. The van der Waals surface area contributed by atoms with Gasteiger partial charge in [0.25, 0.3) is 10.1 Å². The van der Waals surface area contributed by atoms with Crippen LogP contribution in [-0.4, -0.2) is 125 Å². The molecule has 1 aromatic carbocycles. The number of alkyl halides is 24. The van der Waals surface area contributed by atoms with Gasteiger partial charge in [-0.3, -0.25) is 4.55 Å². The van der Waals surface area contributed by atoms with Gasteiger partial charge in [0.1, 0.15) is 26.4 Å². The van der Waals surface area contributed by atoms with Crippen molar-refractivity contribution in [1.29, 1.82) is 0 Å². The fourth-order valence-corrected chi connectivity index (χ4v) is 3.93. The third-order valence-electron chi connectivity index (χ3n) is 6.63. The lowest BCUT2D eigenvalue weighted by Crippen LogP contribution is -2.69. The molecule has 0 atom stereocenters. The number of hydrogen-bond acceptors (Lipinski definition) is 6. The fraction of sp³-hybridized carbons (Fsp3) is 0.750. The molecule has 1 N–H and O–H groups in total. The Morgan fingerprint density at radius 3 is 1.11 bits per heavy atom. The van der Waals surface area contributed by atoms with Gasteiger partial charge in [0, 0.05) is 6.07 Å². The van der Waals surface area contributed by atoms with Gasteiger partial charge in [0.2, 0.25) is 0 Å². The molecule has 330 valence electrons. The Labute approximate surface area is 294 Å². The second-order valence-electron chi connectivity index (χ2n) is 10.6. The second-order valence-corrected chi connectivity index (χ2v) is 12.0. The van der Waals surface area contributed by atoms with Crippen LogP contribution in [-0.2, 0) is 19.6 Å². The van der Waals surface area contributed by atoms with E-state index >= 15 is 0 Å². The smallest absolute Gasteiger partial charge is 0.384 e. The largest absolute Gasteiger partial charge is 0.487 e. The highest BCUT2D eigenvalue weighted by molar-refractivity contribution is 7.85. The molecule has 0 spiro atoms. The molecule has 0 saturated carbocycles. The van der Waals surface area contributed by atoms with Gasteiger partial charge in [-0.05, 0) is 12.1 Å².